The van der Waals surface area contributed by atoms with Crippen molar-refractivity contribution in [2.24, 2.45) is 5.92 Å². The molecule has 0 heterocycles. The molecule has 2 unspecified atom stereocenters. The van der Waals surface area contributed by atoms with Crippen LogP contribution in [0.5, 0.6) is 0 Å². The van der Waals surface area contributed by atoms with Crippen molar-refractivity contribution in [2.75, 3.05) is 5.73 Å². The summed E-state index contributed by atoms with van der Waals surface area (Å²) in [5, 5.41) is 0. The van der Waals surface area contributed by atoms with Gasteiger partial charge in [-0.1, -0.05) is 20.3 Å². The van der Waals surface area contributed by atoms with Crippen molar-refractivity contribution >= 4 is 15.7 Å². The molecule has 6 heteroatoms. The Balaban J connectivity index is 2.86. The zero-order valence-corrected chi connectivity index (χ0v) is 12.3. The lowest BCUT2D eigenvalue weighted by Crippen LogP contribution is -2.34. The first kappa shape index (κ1) is 15.9. The number of nitrogens with one attached hydrogen (secondary N) is 1. The van der Waals surface area contributed by atoms with Crippen molar-refractivity contribution in [1.82, 2.24) is 4.72 Å². The van der Waals surface area contributed by atoms with Gasteiger partial charge in [0, 0.05) is 6.04 Å². The SMILES string of the molecule is CCC(C)CC(C)NS(=O)(=O)c1ccc(F)cc1N. The maximum absolute atomic E-state index is 12.9. The molecule has 0 amide bonds. The Morgan fingerprint density at radius 3 is 2.53 bits per heavy atom. The van der Waals surface area contributed by atoms with Crippen LogP contribution in [0, 0.1) is 11.7 Å². The van der Waals surface area contributed by atoms with Crippen molar-refractivity contribution in [3.63, 3.8) is 0 Å². The molecule has 1 aromatic carbocycles. The second-order valence-electron chi connectivity index (χ2n) is 4.95. The standard InChI is InChI=1S/C13H21FN2O2S/c1-4-9(2)7-10(3)16-19(17,18)13-6-5-11(14)8-12(13)15/h5-6,8-10,16H,4,7,15H2,1-3H3. The van der Waals surface area contributed by atoms with Crippen LogP contribution in [0.4, 0.5) is 10.1 Å². The van der Waals surface area contributed by atoms with Crippen LogP contribution < -0.4 is 10.5 Å². The maximum Gasteiger partial charge on any atom is 0.242 e. The average molecular weight is 288 g/mol. The molecule has 0 aliphatic carbocycles. The number of nitrogens with two attached hydrogens (primary N) is 1. The summed E-state index contributed by atoms with van der Waals surface area (Å²) < 4.78 is 39.8. The van der Waals surface area contributed by atoms with Gasteiger partial charge in [-0.3, -0.25) is 0 Å². The van der Waals surface area contributed by atoms with Crippen LogP contribution in [-0.4, -0.2) is 14.5 Å². The summed E-state index contributed by atoms with van der Waals surface area (Å²) >= 11 is 0. The summed E-state index contributed by atoms with van der Waals surface area (Å²) in [6.07, 6.45) is 1.74. The lowest BCUT2D eigenvalue weighted by Gasteiger charge is -2.18. The number of anilines is 1. The van der Waals surface area contributed by atoms with E-state index in [0.29, 0.717) is 5.92 Å². The fourth-order valence-corrected chi connectivity index (χ4v) is 3.28. The lowest BCUT2D eigenvalue weighted by molar-refractivity contribution is 0.445. The van der Waals surface area contributed by atoms with E-state index in [1.807, 2.05) is 6.92 Å². The Hall–Kier alpha value is -1.14. The fourth-order valence-electron chi connectivity index (χ4n) is 1.91. The summed E-state index contributed by atoms with van der Waals surface area (Å²) in [6, 6.07) is 3.09. The number of hydrogen-bond acceptors (Lipinski definition) is 3. The number of halogens is 1. The third-order valence-corrected chi connectivity index (χ3v) is 4.73. The fraction of sp³-hybridized carbons (Fsp3) is 0.538. The van der Waals surface area contributed by atoms with E-state index in [0.717, 1.165) is 25.0 Å². The number of hydrogen-bond donors (Lipinski definition) is 2. The first-order chi connectivity index (χ1) is 8.76. The molecule has 1 aromatic rings. The largest absolute Gasteiger partial charge is 0.398 e. The predicted octanol–water partition coefficient (Wildman–Crippen LogP) is 2.51. The van der Waals surface area contributed by atoms with Crippen molar-refractivity contribution < 1.29 is 12.8 Å². The van der Waals surface area contributed by atoms with Gasteiger partial charge >= 0.3 is 0 Å². The summed E-state index contributed by atoms with van der Waals surface area (Å²) in [4.78, 5) is -0.0788. The third-order valence-electron chi connectivity index (χ3n) is 3.07. The van der Waals surface area contributed by atoms with E-state index < -0.39 is 15.8 Å². The smallest absolute Gasteiger partial charge is 0.242 e. The molecule has 0 fully saturated rings. The zero-order valence-electron chi connectivity index (χ0n) is 11.5. The molecule has 108 valence electrons. The topological polar surface area (TPSA) is 72.2 Å². The maximum atomic E-state index is 12.9. The lowest BCUT2D eigenvalue weighted by atomic mass is 10.0. The van der Waals surface area contributed by atoms with Crippen LogP contribution in [0.3, 0.4) is 0 Å². The summed E-state index contributed by atoms with van der Waals surface area (Å²) in [7, 11) is -3.70. The van der Waals surface area contributed by atoms with Crippen LogP contribution >= 0.6 is 0 Å². The molecule has 3 N–H and O–H groups in total. The molecule has 0 spiro atoms. The molecule has 2 atom stereocenters. The minimum atomic E-state index is -3.70. The van der Waals surface area contributed by atoms with Crippen molar-refractivity contribution in [2.45, 2.75) is 44.6 Å². The predicted molar refractivity (Wildman–Crippen MR) is 74.7 cm³/mol. The monoisotopic (exact) mass is 288 g/mol. The molecule has 0 radical (unpaired) electrons. The Morgan fingerprint density at radius 2 is 2.00 bits per heavy atom. The molecule has 4 nitrogen and oxygen atoms in total. The van der Waals surface area contributed by atoms with Crippen LogP contribution in [0.25, 0.3) is 0 Å². The van der Waals surface area contributed by atoms with Gasteiger partial charge in [0.1, 0.15) is 10.7 Å². The van der Waals surface area contributed by atoms with Crippen LogP contribution in [0.2, 0.25) is 0 Å². The van der Waals surface area contributed by atoms with Gasteiger partial charge in [-0.15, -0.1) is 0 Å². The van der Waals surface area contributed by atoms with Crippen molar-refractivity contribution in [3.8, 4) is 0 Å². The number of nitrogen functional groups attached to an aromatic ring is 1. The van der Waals surface area contributed by atoms with Gasteiger partial charge in [-0.25, -0.2) is 17.5 Å². The summed E-state index contributed by atoms with van der Waals surface area (Å²) in [6.45, 7) is 5.93. The van der Waals surface area contributed by atoms with Gasteiger partial charge in [0.25, 0.3) is 0 Å². The molecule has 0 aliphatic rings. The van der Waals surface area contributed by atoms with Crippen LogP contribution in [0.15, 0.2) is 23.1 Å². The van der Waals surface area contributed by atoms with Gasteiger partial charge in [0.15, 0.2) is 0 Å². The molecular weight excluding hydrogens is 267 g/mol. The first-order valence-electron chi connectivity index (χ1n) is 6.33. The molecule has 0 saturated carbocycles. The highest BCUT2D eigenvalue weighted by Crippen LogP contribution is 2.20. The van der Waals surface area contributed by atoms with E-state index in [1.54, 1.807) is 0 Å². The highest BCUT2D eigenvalue weighted by molar-refractivity contribution is 7.89. The van der Waals surface area contributed by atoms with Gasteiger partial charge < -0.3 is 5.73 Å². The second-order valence-corrected chi connectivity index (χ2v) is 6.64. The Kier molecular flexibility index (Phi) is 5.31. The van der Waals surface area contributed by atoms with E-state index in [-0.39, 0.29) is 16.6 Å². The minimum Gasteiger partial charge on any atom is -0.398 e. The molecule has 0 aliphatic heterocycles. The number of benzene rings is 1. The second kappa shape index (κ2) is 6.34. The molecule has 19 heavy (non-hydrogen) atoms. The molecular formula is C13H21FN2O2S. The highest BCUT2D eigenvalue weighted by Gasteiger charge is 2.21. The zero-order chi connectivity index (χ0) is 14.6. The summed E-state index contributed by atoms with van der Waals surface area (Å²) in [5.74, 6) is -0.118. The van der Waals surface area contributed by atoms with Gasteiger partial charge in [0.05, 0.1) is 5.69 Å². The van der Waals surface area contributed by atoms with E-state index >= 15 is 0 Å². The Labute approximate surface area is 114 Å². The molecule has 0 saturated heterocycles. The molecule has 0 aromatic heterocycles. The normalized spacial score (nSPS) is 15.2. The van der Waals surface area contributed by atoms with E-state index in [1.165, 1.54) is 6.07 Å². The highest BCUT2D eigenvalue weighted by atomic mass is 32.2. The van der Waals surface area contributed by atoms with Crippen molar-refractivity contribution in [3.05, 3.63) is 24.0 Å². The van der Waals surface area contributed by atoms with E-state index in [4.69, 9.17) is 5.73 Å². The molecule has 1 rings (SSSR count). The van der Waals surface area contributed by atoms with Crippen LogP contribution in [0.1, 0.15) is 33.6 Å². The number of sulfonamides is 1. The van der Waals surface area contributed by atoms with Crippen molar-refractivity contribution in [1.29, 1.82) is 0 Å². The quantitative estimate of drug-likeness (QED) is 0.790. The molecule has 0 bridgehead atoms. The third kappa shape index (κ3) is 4.47. The van der Waals surface area contributed by atoms with Gasteiger partial charge in [-0.2, -0.15) is 0 Å². The van der Waals surface area contributed by atoms with Gasteiger partial charge in [0.2, 0.25) is 10.0 Å². The minimum absolute atomic E-state index is 0.0788. The number of rotatable bonds is 6. The van der Waals surface area contributed by atoms with E-state index in [2.05, 4.69) is 18.6 Å². The van der Waals surface area contributed by atoms with Gasteiger partial charge in [-0.05, 0) is 37.5 Å². The first-order valence-corrected chi connectivity index (χ1v) is 7.82. The van der Waals surface area contributed by atoms with Crippen LogP contribution in [-0.2, 0) is 10.0 Å². The Morgan fingerprint density at radius 1 is 1.37 bits per heavy atom. The average Bonchev–Trinajstić information content (AvgIpc) is 2.26. The Bertz CT molecular complexity index is 531. The van der Waals surface area contributed by atoms with E-state index in [9.17, 15) is 12.8 Å². The summed E-state index contributed by atoms with van der Waals surface area (Å²) in [5.41, 5.74) is 5.47.